The van der Waals surface area contributed by atoms with Crippen molar-refractivity contribution in [2.45, 2.75) is 12.4 Å². The van der Waals surface area contributed by atoms with E-state index < -0.39 is 46.3 Å². The van der Waals surface area contributed by atoms with E-state index >= 15 is 0 Å². The zero-order chi connectivity index (χ0) is 12.3. The third-order valence-electron chi connectivity index (χ3n) is 0.666. The van der Waals surface area contributed by atoms with Crippen LogP contribution in [0, 0.1) is 0 Å². The van der Waals surface area contributed by atoms with Gasteiger partial charge in [0.15, 0.2) is 0 Å². The van der Waals surface area contributed by atoms with E-state index in [4.69, 9.17) is 0 Å². The van der Waals surface area contributed by atoms with Crippen molar-refractivity contribution in [3.8, 4) is 0 Å². The fourth-order valence-corrected chi connectivity index (χ4v) is 1.08. The van der Waals surface area contributed by atoms with Gasteiger partial charge in [0, 0.05) is 0 Å². The van der Waals surface area contributed by atoms with Crippen LogP contribution in [0.1, 0.15) is 0 Å². The Morgan fingerprint density at radius 1 is 0.800 bits per heavy atom. The average molecular weight is 353 g/mol. The average Bonchev–Trinajstić information content (AvgIpc) is 2.00. The quantitative estimate of drug-likeness (QED) is 0.431. The first-order chi connectivity index (χ1) is 6.55. The molecule has 0 fully saturated rings. The van der Waals surface area contributed by atoms with Crippen molar-refractivity contribution in [2.75, 3.05) is 0 Å². The van der Waals surface area contributed by atoms with Crippen LogP contribution in [0.25, 0.3) is 0 Å². The molecular weight excluding hydrogens is 353 g/mol. The number of halogens is 7. The summed E-state index contributed by atoms with van der Waals surface area (Å²) >= 11 is -2.73. The Bertz CT molecular complexity index is 231. The van der Waals surface area contributed by atoms with Crippen molar-refractivity contribution in [3.63, 3.8) is 0 Å². The maximum atomic E-state index is 11.4. The van der Waals surface area contributed by atoms with Gasteiger partial charge in [0.25, 0.3) is 0 Å². The SMILES string of the molecule is O=C(O[I-]OC(=O)C(F)(F)F)C(F)(F)F. The predicted octanol–water partition coefficient (Wildman–Crippen LogP) is -1.88. The van der Waals surface area contributed by atoms with Crippen molar-refractivity contribution < 1.29 is 64.1 Å². The van der Waals surface area contributed by atoms with E-state index in [1.807, 2.05) is 0 Å². The van der Waals surface area contributed by atoms with Crippen LogP contribution >= 0.6 is 0 Å². The maximum absolute atomic E-state index is 11.4. The molecule has 0 bridgehead atoms. The molecule has 90 valence electrons. The molecule has 0 saturated heterocycles. The molecule has 0 atom stereocenters. The van der Waals surface area contributed by atoms with E-state index in [2.05, 4.69) is 6.13 Å². The Kier molecular flexibility index (Phi) is 4.61. The van der Waals surface area contributed by atoms with Gasteiger partial charge in [-0.15, -0.1) is 0 Å². The third kappa shape index (κ3) is 5.64. The number of carbonyl (C=O) groups is 2. The first-order valence-electron chi connectivity index (χ1n) is 2.76. The molecule has 0 unspecified atom stereocenters. The van der Waals surface area contributed by atoms with Crippen molar-refractivity contribution in [3.05, 3.63) is 0 Å². The molecule has 0 heterocycles. The van der Waals surface area contributed by atoms with Crippen LogP contribution in [0.3, 0.4) is 0 Å². The summed E-state index contributed by atoms with van der Waals surface area (Å²) in [7, 11) is 0. The molecular formula is C4F6IO4-. The number of alkyl halides is 6. The molecule has 4 nitrogen and oxygen atoms in total. The fourth-order valence-electron chi connectivity index (χ4n) is 0.160. The predicted molar refractivity (Wildman–Crippen MR) is 24.3 cm³/mol. The first kappa shape index (κ1) is 14.2. The first-order valence-corrected chi connectivity index (χ1v) is 4.52. The second-order valence-corrected chi connectivity index (χ2v) is 3.03. The molecule has 0 N–H and O–H groups in total. The van der Waals surface area contributed by atoms with Crippen LogP contribution in [-0.2, 0) is 15.7 Å². The number of hydrogen-bond acceptors (Lipinski definition) is 4. The van der Waals surface area contributed by atoms with E-state index in [0.29, 0.717) is 0 Å². The second kappa shape index (κ2) is 4.85. The van der Waals surface area contributed by atoms with Gasteiger partial charge in [-0.1, -0.05) is 0 Å². The molecule has 0 aromatic rings. The Hall–Kier alpha value is -0.750. The van der Waals surface area contributed by atoms with E-state index in [1.54, 1.807) is 0 Å². The Morgan fingerprint density at radius 2 is 1.07 bits per heavy atom. The van der Waals surface area contributed by atoms with Gasteiger partial charge in [0.1, 0.15) is 0 Å². The summed E-state index contributed by atoms with van der Waals surface area (Å²) < 4.78 is 74.9. The molecule has 0 amide bonds. The van der Waals surface area contributed by atoms with Crippen molar-refractivity contribution in [1.29, 1.82) is 0 Å². The van der Waals surface area contributed by atoms with Gasteiger partial charge in [-0.3, -0.25) is 0 Å². The van der Waals surface area contributed by atoms with Crippen LogP contribution in [-0.4, -0.2) is 24.3 Å². The monoisotopic (exact) mass is 353 g/mol. The summed E-state index contributed by atoms with van der Waals surface area (Å²) in [6.07, 6.45) is -10.7. The van der Waals surface area contributed by atoms with Crippen LogP contribution in [0.15, 0.2) is 0 Å². The van der Waals surface area contributed by atoms with Crippen molar-refractivity contribution in [1.82, 2.24) is 0 Å². The second-order valence-electron chi connectivity index (χ2n) is 1.79. The third-order valence-corrected chi connectivity index (χ3v) is 1.83. The fraction of sp³-hybridized carbons (Fsp3) is 0.500. The Labute approximate surface area is 88.9 Å². The van der Waals surface area contributed by atoms with Crippen LogP contribution in [0.2, 0.25) is 0 Å². The number of hydrogen-bond donors (Lipinski definition) is 0. The minimum absolute atomic E-state index is 2.70. The van der Waals surface area contributed by atoms with Gasteiger partial charge in [0.2, 0.25) is 0 Å². The van der Waals surface area contributed by atoms with Gasteiger partial charge in [0.05, 0.1) is 0 Å². The standard InChI is InChI=1S/C4F6IO4/c5-3(6,7)1(12)14-11-15-2(13)4(8,9)10/q-1. The van der Waals surface area contributed by atoms with Crippen LogP contribution < -0.4 is 22.0 Å². The molecule has 0 aromatic heterocycles. The van der Waals surface area contributed by atoms with Gasteiger partial charge in [-0.05, 0) is 0 Å². The summed E-state index contributed by atoms with van der Waals surface area (Å²) in [6, 6.07) is 0. The number of carbonyl (C=O) groups excluding carboxylic acids is 2. The Morgan fingerprint density at radius 3 is 1.27 bits per heavy atom. The van der Waals surface area contributed by atoms with E-state index in [9.17, 15) is 35.9 Å². The minimum atomic E-state index is -5.33. The van der Waals surface area contributed by atoms with Crippen LogP contribution in [0.4, 0.5) is 26.3 Å². The molecule has 11 heteroatoms. The molecule has 0 aliphatic rings. The molecule has 0 rings (SSSR count). The summed E-state index contributed by atoms with van der Waals surface area (Å²) in [4.78, 5) is 19.8. The zero-order valence-electron chi connectivity index (χ0n) is 6.28. The summed E-state index contributed by atoms with van der Waals surface area (Å²) in [5.41, 5.74) is 0. The van der Waals surface area contributed by atoms with Gasteiger partial charge < -0.3 is 0 Å². The summed E-state index contributed by atoms with van der Waals surface area (Å²) in [6.45, 7) is 0. The normalized spacial score (nSPS) is 12.4. The zero-order valence-corrected chi connectivity index (χ0v) is 8.44. The molecule has 0 aliphatic carbocycles. The van der Waals surface area contributed by atoms with Gasteiger partial charge >= 0.3 is 88.4 Å². The summed E-state index contributed by atoms with van der Waals surface area (Å²) in [5.74, 6) is -5.41. The van der Waals surface area contributed by atoms with Crippen molar-refractivity contribution >= 4 is 11.9 Å². The van der Waals surface area contributed by atoms with E-state index in [1.165, 1.54) is 0 Å². The van der Waals surface area contributed by atoms with E-state index in [-0.39, 0.29) is 0 Å². The molecule has 0 aromatic carbocycles. The Balaban J connectivity index is 3.92. The number of rotatable bonds is 2. The molecule has 15 heavy (non-hydrogen) atoms. The van der Waals surface area contributed by atoms with Crippen LogP contribution in [0.5, 0.6) is 0 Å². The van der Waals surface area contributed by atoms with Gasteiger partial charge in [-0.25, -0.2) is 0 Å². The summed E-state index contributed by atoms with van der Waals surface area (Å²) in [5, 5.41) is 0. The molecule has 0 saturated carbocycles. The molecule has 0 aliphatic heterocycles. The van der Waals surface area contributed by atoms with Gasteiger partial charge in [-0.2, -0.15) is 0 Å². The van der Waals surface area contributed by atoms with Crippen molar-refractivity contribution in [2.24, 2.45) is 0 Å². The molecule has 0 radical (unpaired) electrons. The topological polar surface area (TPSA) is 52.6 Å². The van der Waals surface area contributed by atoms with E-state index in [0.717, 1.165) is 0 Å². The molecule has 0 spiro atoms.